The van der Waals surface area contributed by atoms with Gasteiger partial charge in [-0.15, -0.1) is 0 Å². The van der Waals surface area contributed by atoms with Crippen molar-refractivity contribution in [3.05, 3.63) is 72.2 Å². The zero-order valence-electron chi connectivity index (χ0n) is 14.4. The number of sulfonamides is 1. The molecule has 2 aromatic carbocycles. The van der Waals surface area contributed by atoms with Gasteiger partial charge in [0.25, 0.3) is 0 Å². The van der Waals surface area contributed by atoms with Crippen molar-refractivity contribution in [2.24, 2.45) is 0 Å². The molecule has 1 aromatic heterocycles. The third-order valence-electron chi connectivity index (χ3n) is 3.98. The maximum absolute atomic E-state index is 13.4. The highest BCUT2D eigenvalue weighted by atomic mass is 32.2. The molecule has 0 fully saturated rings. The normalized spacial score (nSPS) is 12.7. The molecule has 6 nitrogen and oxygen atoms in total. The highest BCUT2D eigenvalue weighted by Gasteiger charge is 2.22. The molecule has 0 aliphatic carbocycles. The van der Waals surface area contributed by atoms with E-state index in [1.807, 2.05) is 6.07 Å². The van der Waals surface area contributed by atoms with Gasteiger partial charge in [-0.25, -0.2) is 17.5 Å². The number of hydrogen-bond acceptors (Lipinski definition) is 5. The molecule has 0 saturated carbocycles. The molecular formula is C19H18FNO5S. The summed E-state index contributed by atoms with van der Waals surface area (Å²) in [5.41, 5.74) is 1.36. The summed E-state index contributed by atoms with van der Waals surface area (Å²) in [7, 11) is -2.77. The van der Waals surface area contributed by atoms with Gasteiger partial charge < -0.3 is 14.3 Å². The molecule has 0 saturated heterocycles. The van der Waals surface area contributed by atoms with Crippen molar-refractivity contribution >= 4 is 10.0 Å². The molecule has 1 atom stereocenters. The van der Waals surface area contributed by atoms with Crippen molar-refractivity contribution in [1.82, 2.24) is 4.72 Å². The van der Waals surface area contributed by atoms with Crippen LogP contribution < -0.4 is 9.46 Å². The van der Waals surface area contributed by atoms with Crippen LogP contribution in [0.5, 0.6) is 5.75 Å². The minimum atomic E-state index is -4.06. The molecule has 3 rings (SSSR count). The number of benzene rings is 2. The summed E-state index contributed by atoms with van der Waals surface area (Å²) in [5, 5.41) is 10.3. The van der Waals surface area contributed by atoms with E-state index in [2.05, 4.69) is 4.72 Å². The number of ether oxygens (including phenoxy) is 1. The summed E-state index contributed by atoms with van der Waals surface area (Å²) in [6.45, 7) is -0.276. The van der Waals surface area contributed by atoms with Crippen LogP contribution in [0.25, 0.3) is 11.3 Å². The molecule has 1 heterocycles. The van der Waals surface area contributed by atoms with Crippen molar-refractivity contribution in [2.45, 2.75) is 11.0 Å². The summed E-state index contributed by atoms with van der Waals surface area (Å²) in [6.07, 6.45) is 0.484. The first-order valence-electron chi connectivity index (χ1n) is 8.06. The topological polar surface area (TPSA) is 88.8 Å². The first-order chi connectivity index (χ1) is 12.9. The predicted molar refractivity (Wildman–Crippen MR) is 97.2 cm³/mol. The van der Waals surface area contributed by atoms with Gasteiger partial charge in [-0.2, -0.15) is 0 Å². The molecule has 0 aliphatic heterocycles. The van der Waals surface area contributed by atoms with Crippen molar-refractivity contribution < 1.29 is 27.1 Å². The molecule has 1 unspecified atom stereocenters. The first kappa shape index (κ1) is 19.1. The van der Waals surface area contributed by atoms with E-state index in [4.69, 9.17) is 9.15 Å². The Morgan fingerprint density at radius 3 is 2.56 bits per heavy atom. The fraction of sp³-hybridized carbons (Fsp3) is 0.158. The van der Waals surface area contributed by atoms with E-state index in [0.29, 0.717) is 11.3 Å². The van der Waals surface area contributed by atoms with Crippen LogP contribution in [0.4, 0.5) is 4.39 Å². The molecule has 142 valence electrons. The Kier molecular flexibility index (Phi) is 5.59. The van der Waals surface area contributed by atoms with Crippen LogP contribution in [0, 0.1) is 5.82 Å². The molecule has 3 aromatic rings. The smallest absolute Gasteiger partial charge is 0.244 e. The van der Waals surface area contributed by atoms with Gasteiger partial charge in [0.05, 0.1) is 19.5 Å². The Hall–Kier alpha value is -2.68. The number of nitrogens with one attached hydrogen (secondary N) is 1. The Balaban J connectivity index is 1.71. The molecule has 8 heteroatoms. The van der Waals surface area contributed by atoms with Crippen LogP contribution in [0.3, 0.4) is 0 Å². The molecule has 0 bridgehead atoms. The van der Waals surface area contributed by atoms with Gasteiger partial charge in [-0.05, 0) is 35.9 Å². The van der Waals surface area contributed by atoms with E-state index in [9.17, 15) is 17.9 Å². The summed E-state index contributed by atoms with van der Waals surface area (Å²) >= 11 is 0. The number of aliphatic hydroxyl groups is 1. The highest BCUT2D eigenvalue weighted by molar-refractivity contribution is 7.89. The lowest BCUT2D eigenvalue weighted by molar-refractivity contribution is 0.182. The Bertz CT molecular complexity index is 1000. The standard InChI is InChI=1S/C19H18FNO5S/c1-25-18-9-8-15(20)11-19(18)27(23,24)21-12-16(22)13-4-6-14(7-5-13)17-3-2-10-26-17/h2-11,16,21-22H,12H2,1H3. The summed E-state index contributed by atoms with van der Waals surface area (Å²) in [5.74, 6) is 0.00127. The van der Waals surface area contributed by atoms with E-state index in [1.165, 1.54) is 13.2 Å². The third kappa shape index (κ3) is 4.36. The predicted octanol–water partition coefficient (Wildman–Crippen LogP) is 3.11. The highest BCUT2D eigenvalue weighted by Crippen LogP contribution is 2.25. The lowest BCUT2D eigenvalue weighted by Crippen LogP contribution is -2.29. The van der Waals surface area contributed by atoms with Crippen molar-refractivity contribution in [3.8, 4) is 17.1 Å². The average molecular weight is 391 g/mol. The van der Waals surface area contributed by atoms with E-state index in [-0.39, 0.29) is 17.2 Å². The number of methoxy groups -OCH3 is 1. The lowest BCUT2D eigenvalue weighted by Gasteiger charge is -2.14. The van der Waals surface area contributed by atoms with Gasteiger partial charge in [0.1, 0.15) is 22.2 Å². The van der Waals surface area contributed by atoms with Gasteiger partial charge >= 0.3 is 0 Å². The third-order valence-corrected chi connectivity index (χ3v) is 5.43. The number of hydrogen-bond donors (Lipinski definition) is 2. The molecule has 2 N–H and O–H groups in total. The minimum Gasteiger partial charge on any atom is -0.495 e. The monoisotopic (exact) mass is 391 g/mol. The first-order valence-corrected chi connectivity index (χ1v) is 9.54. The maximum atomic E-state index is 13.4. The molecule has 0 radical (unpaired) electrons. The quantitative estimate of drug-likeness (QED) is 0.646. The fourth-order valence-corrected chi connectivity index (χ4v) is 3.77. The number of rotatable bonds is 7. The van der Waals surface area contributed by atoms with Crippen LogP contribution in [0.1, 0.15) is 11.7 Å². The number of halogens is 1. The van der Waals surface area contributed by atoms with E-state index < -0.39 is 21.9 Å². The molecular weight excluding hydrogens is 373 g/mol. The largest absolute Gasteiger partial charge is 0.495 e. The van der Waals surface area contributed by atoms with Crippen LogP contribution >= 0.6 is 0 Å². The lowest BCUT2D eigenvalue weighted by atomic mass is 10.1. The van der Waals surface area contributed by atoms with E-state index in [0.717, 1.165) is 17.7 Å². The van der Waals surface area contributed by atoms with Gasteiger partial charge in [0, 0.05) is 12.1 Å². The van der Waals surface area contributed by atoms with Crippen LogP contribution in [-0.4, -0.2) is 27.2 Å². The van der Waals surface area contributed by atoms with Gasteiger partial charge in [0.15, 0.2) is 0 Å². The van der Waals surface area contributed by atoms with Crippen molar-refractivity contribution in [2.75, 3.05) is 13.7 Å². The number of furan rings is 1. The van der Waals surface area contributed by atoms with Gasteiger partial charge in [-0.3, -0.25) is 0 Å². The second-order valence-corrected chi connectivity index (χ2v) is 7.50. The van der Waals surface area contributed by atoms with Crippen LogP contribution in [0.2, 0.25) is 0 Å². The van der Waals surface area contributed by atoms with Crippen LogP contribution in [0.15, 0.2) is 70.2 Å². The van der Waals surface area contributed by atoms with Crippen molar-refractivity contribution in [3.63, 3.8) is 0 Å². The second-order valence-electron chi connectivity index (χ2n) is 5.76. The summed E-state index contributed by atoms with van der Waals surface area (Å²) < 4.78 is 50.8. The van der Waals surface area contributed by atoms with Gasteiger partial charge in [0.2, 0.25) is 10.0 Å². The Morgan fingerprint density at radius 2 is 1.93 bits per heavy atom. The molecule has 0 spiro atoms. The molecule has 27 heavy (non-hydrogen) atoms. The maximum Gasteiger partial charge on any atom is 0.244 e. The SMILES string of the molecule is COc1ccc(F)cc1S(=O)(=O)NCC(O)c1ccc(-c2ccco2)cc1. The Morgan fingerprint density at radius 1 is 1.19 bits per heavy atom. The summed E-state index contributed by atoms with van der Waals surface area (Å²) in [6, 6.07) is 13.7. The average Bonchev–Trinajstić information content (AvgIpc) is 3.21. The fourth-order valence-electron chi connectivity index (χ4n) is 2.56. The molecule has 0 amide bonds. The minimum absolute atomic E-state index is 0.0150. The number of aliphatic hydroxyl groups excluding tert-OH is 1. The van der Waals surface area contributed by atoms with Crippen molar-refractivity contribution in [1.29, 1.82) is 0 Å². The van der Waals surface area contributed by atoms with E-state index in [1.54, 1.807) is 36.6 Å². The Labute approximate surface area is 156 Å². The summed E-state index contributed by atoms with van der Waals surface area (Å²) in [4.78, 5) is -0.328. The zero-order valence-corrected chi connectivity index (χ0v) is 15.2. The van der Waals surface area contributed by atoms with Crippen LogP contribution in [-0.2, 0) is 10.0 Å². The zero-order chi connectivity index (χ0) is 19.4. The second kappa shape index (κ2) is 7.91. The molecule has 0 aliphatic rings. The van der Waals surface area contributed by atoms with Gasteiger partial charge in [-0.1, -0.05) is 24.3 Å². The van der Waals surface area contributed by atoms with E-state index >= 15 is 0 Å².